The molecule has 0 fully saturated rings. The molecule has 0 saturated heterocycles. The lowest BCUT2D eigenvalue weighted by molar-refractivity contribution is 0.304. The summed E-state index contributed by atoms with van der Waals surface area (Å²) in [6.07, 6.45) is 3.41. The second-order valence-corrected chi connectivity index (χ2v) is 7.18. The minimum absolute atomic E-state index is 0.0679. The van der Waals surface area contributed by atoms with Crippen LogP contribution < -0.4 is 25.1 Å². The topological polar surface area (TPSA) is 98.4 Å². The molecule has 2 N–H and O–H groups in total. The van der Waals surface area contributed by atoms with Crippen LogP contribution in [0.15, 0.2) is 28.2 Å². The van der Waals surface area contributed by atoms with Crippen molar-refractivity contribution >= 4 is 46.9 Å². The molecule has 1 aromatic carbocycles. The number of aromatic amines is 1. The normalized spacial score (nSPS) is 10.0. The molecule has 0 aliphatic carbocycles. The van der Waals surface area contributed by atoms with E-state index in [-0.39, 0.29) is 28.5 Å². The molecule has 0 aliphatic heterocycles. The Hall–Kier alpha value is -2.21. The smallest absolute Gasteiger partial charge is 0.265 e. The largest absolute Gasteiger partial charge is 0.497 e. The number of hydrogen-bond donors (Lipinski definition) is 3. The lowest BCUT2D eigenvalue weighted by Gasteiger charge is -2.12. The third-order valence-corrected chi connectivity index (χ3v) is 5.05. The molecule has 2 aromatic heterocycles. The summed E-state index contributed by atoms with van der Waals surface area (Å²) in [6.45, 7) is 5.13. The number of thioether (sulfide) groups is 1. The summed E-state index contributed by atoms with van der Waals surface area (Å²) in [5, 5.41) is 3.00. The Labute approximate surface area is 213 Å². The first kappa shape index (κ1) is 29.8. The van der Waals surface area contributed by atoms with Gasteiger partial charge in [-0.25, -0.2) is 9.37 Å². The van der Waals surface area contributed by atoms with E-state index in [9.17, 15) is 9.18 Å². The number of pyridine rings is 1. The van der Waals surface area contributed by atoms with Crippen molar-refractivity contribution in [3.8, 4) is 17.4 Å². The second kappa shape index (κ2) is 15.6. The maximum absolute atomic E-state index is 14.3. The number of aromatic nitrogens is 3. The zero-order chi connectivity index (χ0) is 25.7. The number of benzene rings is 1. The summed E-state index contributed by atoms with van der Waals surface area (Å²) in [6, 6.07) is 5.54. The third kappa shape index (κ3) is 7.66. The fraction of sp³-hybridized carbons (Fsp3) is 0.409. The molecule has 34 heavy (non-hydrogen) atoms. The van der Waals surface area contributed by atoms with E-state index in [0.29, 0.717) is 24.6 Å². The summed E-state index contributed by atoms with van der Waals surface area (Å²) < 4.78 is 30.5. The molecule has 0 saturated carbocycles. The quantitative estimate of drug-likeness (QED) is 0.121. The molecular formula is C22H30ClFN4O4S2. The zero-order valence-corrected chi connectivity index (χ0v) is 22.5. The third-order valence-electron chi connectivity index (χ3n) is 4.22. The van der Waals surface area contributed by atoms with Crippen LogP contribution in [0.2, 0.25) is 5.15 Å². The monoisotopic (exact) mass is 532 g/mol. The van der Waals surface area contributed by atoms with Gasteiger partial charge in [0.05, 0.1) is 14.2 Å². The molecule has 0 unspecified atom stereocenters. The minimum atomic E-state index is -0.856. The maximum Gasteiger partial charge on any atom is 0.265 e. The number of ether oxygens (including phenoxy) is 3. The van der Waals surface area contributed by atoms with Crippen LogP contribution in [-0.2, 0) is 6.54 Å². The average Bonchev–Trinajstić information content (AvgIpc) is 2.88. The number of nitrogens with zero attached hydrogens (tertiary/aromatic N) is 2. The highest BCUT2D eigenvalue weighted by Crippen LogP contribution is 2.27. The predicted molar refractivity (Wildman–Crippen MR) is 140 cm³/mol. The van der Waals surface area contributed by atoms with Gasteiger partial charge in [-0.2, -0.15) is 17.6 Å². The van der Waals surface area contributed by atoms with Gasteiger partial charge in [-0.15, -0.1) is 0 Å². The number of halogens is 2. The first-order valence-electron chi connectivity index (χ1n) is 10.3. The van der Waals surface area contributed by atoms with Crippen LogP contribution in [0.3, 0.4) is 0 Å². The van der Waals surface area contributed by atoms with Gasteiger partial charge in [-0.05, 0) is 18.6 Å². The van der Waals surface area contributed by atoms with Crippen LogP contribution in [-0.4, -0.2) is 54.8 Å². The Morgan fingerprint density at radius 2 is 1.91 bits per heavy atom. The maximum atomic E-state index is 14.3. The first-order valence-corrected chi connectivity index (χ1v) is 12.8. The molecule has 2 heterocycles. The Balaban J connectivity index is 0.00000137. The minimum Gasteiger partial charge on any atom is -0.497 e. The molecule has 0 amide bonds. The van der Waals surface area contributed by atoms with Gasteiger partial charge in [0.15, 0.2) is 16.1 Å². The summed E-state index contributed by atoms with van der Waals surface area (Å²) in [5.74, 6) is 0.475. The van der Waals surface area contributed by atoms with Gasteiger partial charge in [-0.1, -0.05) is 43.3 Å². The van der Waals surface area contributed by atoms with Crippen molar-refractivity contribution in [1.29, 1.82) is 0 Å². The van der Waals surface area contributed by atoms with Crippen molar-refractivity contribution in [2.75, 3.05) is 39.9 Å². The van der Waals surface area contributed by atoms with Crippen LogP contribution in [0.4, 0.5) is 4.39 Å². The fourth-order valence-corrected chi connectivity index (χ4v) is 3.29. The van der Waals surface area contributed by atoms with E-state index in [0.717, 1.165) is 5.56 Å². The predicted octanol–water partition coefficient (Wildman–Crippen LogP) is 4.59. The average molecular weight is 533 g/mol. The van der Waals surface area contributed by atoms with Crippen LogP contribution in [0.1, 0.15) is 19.4 Å². The van der Waals surface area contributed by atoms with Gasteiger partial charge in [0, 0.05) is 24.7 Å². The summed E-state index contributed by atoms with van der Waals surface area (Å²) >= 11 is 10.6. The van der Waals surface area contributed by atoms with Crippen molar-refractivity contribution in [2.45, 2.75) is 25.5 Å². The summed E-state index contributed by atoms with van der Waals surface area (Å²) in [4.78, 5) is 22.9. The van der Waals surface area contributed by atoms with E-state index in [1.165, 1.54) is 11.8 Å². The Morgan fingerprint density at radius 3 is 2.53 bits per heavy atom. The van der Waals surface area contributed by atoms with Crippen molar-refractivity contribution in [1.82, 2.24) is 20.3 Å². The van der Waals surface area contributed by atoms with E-state index in [2.05, 4.69) is 32.9 Å². The number of fused-ring (bicyclic) bond motifs is 1. The summed E-state index contributed by atoms with van der Waals surface area (Å²) in [7, 11) is 3.18. The highest BCUT2D eigenvalue weighted by molar-refractivity contribution is 7.98. The van der Waals surface area contributed by atoms with Crippen LogP contribution in [0.5, 0.6) is 17.4 Å². The molecule has 0 bridgehead atoms. The van der Waals surface area contributed by atoms with E-state index in [1.807, 2.05) is 26.0 Å². The van der Waals surface area contributed by atoms with Crippen molar-refractivity contribution < 1.29 is 18.6 Å². The molecule has 3 rings (SSSR count). The van der Waals surface area contributed by atoms with E-state index >= 15 is 0 Å². The molecule has 8 nitrogen and oxygen atoms in total. The SMILES string of the molecule is CC.COc1ccc(CNCCOc2nc(Cl)c(F)c3nc(SC)[nH]c(=O)c23)c(OC)c1.CS. The molecule has 3 aromatic rings. The molecular weight excluding hydrogens is 503 g/mol. The molecule has 0 spiro atoms. The number of H-pyrrole nitrogens is 1. The number of hydrogen-bond acceptors (Lipinski definition) is 9. The zero-order valence-electron chi connectivity index (χ0n) is 20.0. The Kier molecular flexibility index (Phi) is 13.7. The Bertz CT molecular complexity index is 1120. The molecule has 0 atom stereocenters. The second-order valence-electron chi connectivity index (χ2n) is 6.02. The number of nitrogens with one attached hydrogen (secondary N) is 2. The van der Waals surface area contributed by atoms with E-state index < -0.39 is 16.5 Å². The van der Waals surface area contributed by atoms with Crippen molar-refractivity contribution in [3.05, 3.63) is 45.1 Å². The molecule has 0 aliphatic rings. The lowest BCUT2D eigenvalue weighted by atomic mass is 10.2. The Morgan fingerprint density at radius 1 is 1.21 bits per heavy atom. The van der Waals surface area contributed by atoms with Gasteiger partial charge in [0.25, 0.3) is 5.56 Å². The summed E-state index contributed by atoms with van der Waals surface area (Å²) in [5.41, 5.74) is 0.226. The molecule has 0 radical (unpaired) electrons. The van der Waals surface area contributed by atoms with Gasteiger partial charge in [-0.3, -0.25) is 4.79 Å². The highest BCUT2D eigenvalue weighted by Gasteiger charge is 2.19. The fourth-order valence-electron chi connectivity index (χ4n) is 2.74. The van der Waals surface area contributed by atoms with Crippen LogP contribution in [0, 0.1) is 5.82 Å². The number of thiol groups is 1. The first-order chi connectivity index (χ1) is 16.5. The van der Waals surface area contributed by atoms with Gasteiger partial charge >= 0.3 is 0 Å². The molecule has 12 heteroatoms. The van der Waals surface area contributed by atoms with Gasteiger partial charge in [0.1, 0.15) is 29.0 Å². The van der Waals surface area contributed by atoms with Crippen molar-refractivity contribution in [2.24, 2.45) is 0 Å². The van der Waals surface area contributed by atoms with Crippen molar-refractivity contribution in [3.63, 3.8) is 0 Å². The van der Waals surface area contributed by atoms with Gasteiger partial charge in [0.2, 0.25) is 5.88 Å². The van der Waals surface area contributed by atoms with Crippen LogP contribution >= 0.6 is 36.0 Å². The highest BCUT2D eigenvalue weighted by atomic mass is 35.5. The number of methoxy groups -OCH3 is 2. The number of rotatable bonds is 9. The van der Waals surface area contributed by atoms with E-state index in [4.69, 9.17) is 25.8 Å². The lowest BCUT2D eigenvalue weighted by Crippen LogP contribution is -2.22. The van der Waals surface area contributed by atoms with Crippen LogP contribution in [0.25, 0.3) is 10.9 Å². The molecule has 188 valence electrons. The van der Waals surface area contributed by atoms with Gasteiger partial charge < -0.3 is 24.5 Å². The standard InChI is InChI=1S/C19H20ClFN4O4S.C2H6.CH4S/c1-27-11-5-4-10(12(8-11)28-2)9-22-6-7-29-18-13-15(14(21)16(20)24-18)23-19(30-3)25-17(13)26;2*1-2/h4-5,8,22H,6-7,9H2,1-3H3,(H,23,25,26);1-2H3;2H,1H3. The van der Waals surface area contributed by atoms with E-state index in [1.54, 1.807) is 32.8 Å².